The van der Waals surface area contributed by atoms with Crippen LogP contribution < -0.4 is 4.90 Å². The Morgan fingerprint density at radius 3 is 2.70 bits per heavy atom. The smallest absolute Gasteiger partial charge is 0.134 e. The van der Waals surface area contributed by atoms with Gasteiger partial charge >= 0.3 is 0 Å². The average Bonchev–Trinajstić information content (AvgIpc) is 3.51. The minimum absolute atomic E-state index is 0.122. The number of anilines is 1. The first-order valence-corrected chi connectivity index (χ1v) is 12.9. The molecular weight excluding hydrogens is 428 g/mol. The monoisotopic (exact) mass is 460 g/mol. The van der Waals surface area contributed by atoms with Crippen LogP contribution in [0.15, 0.2) is 60.3 Å². The molecular formula is C27H32N4OS. The molecule has 2 atom stereocenters. The molecule has 6 heteroatoms. The number of ether oxygens (including phenoxy) is 1. The number of benzene rings is 2. The van der Waals surface area contributed by atoms with Crippen LogP contribution in [-0.2, 0) is 4.74 Å². The second-order valence-electron chi connectivity index (χ2n) is 9.85. The molecule has 0 saturated carbocycles. The van der Waals surface area contributed by atoms with E-state index in [-0.39, 0.29) is 12.2 Å². The first kappa shape index (κ1) is 21.1. The van der Waals surface area contributed by atoms with Crippen molar-refractivity contribution in [3.8, 4) is 0 Å². The van der Waals surface area contributed by atoms with Gasteiger partial charge in [0.2, 0.25) is 0 Å². The highest BCUT2D eigenvalue weighted by atomic mass is 32.1. The SMILES string of the molecule is CN1C=C2CN(c3cccc(C(OC4CCN(C)CC4)c4nc5ccccc5s4)c3)CC2C1. The average molecular weight is 461 g/mol. The third-order valence-corrected chi connectivity index (χ3v) is 8.38. The van der Waals surface area contributed by atoms with Crippen molar-refractivity contribution in [2.45, 2.75) is 25.0 Å². The summed E-state index contributed by atoms with van der Waals surface area (Å²) in [6.07, 6.45) is 4.64. The molecule has 5 nitrogen and oxygen atoms in total. The summed E-state index contributed by atoms with van der Waals surface area (Å²) in [7, 11) is 4.38. The first-order chi connectivity index (χ1) is 16.1. The molecule has 6 rings (SSSR count). The maximum atomic E-state index is 6.83. The molecule has 0 spiro atoms. The summed E-state index contributed by atoms with van der Waals surface area (Å²) in [5.74, 6) is 0.661. The minimum atomic E-state index is -0.122. The minimum Gasteiger partial charge on any atom is -0.380 e. The van der Waals surface area contributed by atoms with Crippen LogP contribution in [0.4, 0.5) is 5.69 Å². The van der Waals surface area contributed by atoms with Crippen molar-refractivity contribution in [1.29, 1.82) is 0 Å². The summed E-state index contributed by atoms with van der Waals surface area (Å²) in [5.41, 5.74) is 5.14. The van der Waals surface area contributed by atoms with Crippen molar-refractivity contribution in [2.24, 2.45) is 5.92 Å². The van der Waals surface area contributed by atoms with Crippen molar-refractivity contribution in [3.05, 3.63) is 70.9 Å². The van der Waals surface area contributed by atoms with Gasteiger partial charge in [-0.3, -0.25) is 0 Å². The lowest BCUT2D eigenvalue weighted by atomic mass is 10.1. The van der Waals surface area contributed by atoms with E-state index in [1.54, 1.807) is 16.9 Å². The largest absolute Gasteiger partial charge is 0.380 e. The van der Waals surface area contributed by atoms with Crippen LogP contribution in [0, 0.1) is 5.92 Å². The molecule has 2 aromatic carbocycles. The molecule has 2 saturated heterocycles. The van der Waals surface area contributed by atoms with Gasteiger partial charge in [0.25, 0.3) is 0 Å². The Balaban J connectivity index is 1.31. The number of hydrogen-bond donors (Lipinski definition) is 0. The van der Waals surface area contributed by atoms with Gasteiger partial charge in [0.1, 0.15) is 11.1 Å². The number of nitrogens with zero attached hydrogens (tertiary/aromatic N) is 4. The first-order valence-electron chi connectivity index (χ1n) is 12.1. The number of hydrogen-bond acceptors (Lipinski definition) is 6. The van der Waals surface area contributed by atoms with E-state index in [1.165, 1.54) is 16.0 Å². The number of para-hydroxylation sites is 1. The Morgan fingerprint density at radius 1 is 1.03 bits per heavy atom. The Morgan fingerprint density at radius 2 is 1.88 bits per heavy atom. The molecule has 0 radical (unpaired) electrons. The zero-order chi connectivity index (χ0) is 22.4. The number of rotatable bonds is 5. The summed E-state index contributed by atoms with van der Waals surface area (Å²) >= 11 is 1.77. The lowest BCUT2D eigenvalue weighted by molar-refractivity contribution is -0.0234. The van der Waals surface area contributed by atoms with Crippen LogP contribution in [0.5, 0.6) is 0 Å². The fourth-order valence-corrected chi connectivity index (χ4v) is 6.51. The maximum Gasteiger partial charge on any atom is 0.134 e. The molecule has 0 bridgehead atoms. The Labute approximate surface area is 200 Å². The molecule has 2 unspecified atom stereocenters. The van der Waals surface area contributed by atoms with E-state index >= 15 is 0 Å². The molecule has 2 fully saturated rings. The second kappa shape index (κ2) is 8.75. The summed E-state index contributed by atoms with van der Waals surface area (Å²) in [5, 5.41) is 1.06. The third-order valence-electron chi connectivity index (χ3n) is 7.30. The summed E-state index contributed by atoms with van der Waals surface area (Å²) in [4.78, 5) is 12.3. The molecule has 3 aromatic rings. The van der Waals surface area contributed by atoms with E-state index < -0.39 is 0 Å². The van der Waals surface area contributed by atoms with Gasteiger partial charge in [0, 0.05) is 57.6 Å². The van der Waals surface area contributed by atoms with E-state index in [0.717, 1.165) is 56.1 Å². The van der Waals surface area contributed by atoms with Gasteiger partial charge in [0.15, 0.2) is 0 Å². The fourth-order valence-electron chi connectivity index (χ4n) is 5.48. The topological polar surface area (TPSA) is 31.8 Å². The van der Waals surface area contributed by atoms with Crippen molar-refractivity contribution < 1.29 is 4.74 Å². The van der Waals surface area contributed by atoms with Gasteiger partial charge in [-0.2, -0.15) is 0 Å². The number of fused-ring (bicyclic) bond motifs is 2. The van der Waals surface area contributed by atoms with Crippen molar-refractivity contribution in [3.63, 3.8) is 0 Å². The van der Waals surface area contributed by atoms with Crippen LogP contribution in [0.3, 0.4) is 0 Å². The Bertz CT molecular complexity index is 1130. The molecule has 1 aromatic heterocycles. The third kappa shape index (κ3) is 4.27. The predicted octanol–water partition coefficient (Wildman–Crippen LogP) is 4.76. The molecule has 0 aliphatic carbocycles. The lowest BCUT2D eigenvalue weighted by Crippen LogP contribution is -2.35. The maximum absolute atomic E-state index is 6.83. The molecule has 0 N–H and O–H groups in total. The summed E-state index contributed by atoms with van der Waals surface area (Å²) in [6.45, 7) is 5.45. The zero-order valence-corrected chi connectivity index (χ0v) is 20.3. The molecule has 4 heterocycles. The van der Waals surface area contributed by atoms with Crippen LogP contribution in [0.1, 0.15) is 29.5 Å². The van der Waals surface area contributed by atoms with Crippen molar-refractivity contribution in [2.75, 3.05) is 51.7 Å². The molecule has 3 aliphatic heterocycles. The van der Waals surface area contributed by atoms with Crippen LogP contribution >= 0.6 is 11.3 Å². The number of thiazole rings is 1. The highest BCUT2D eigenvalue weighted by Gasteiger charge is 2.33. The number of aromatic nitrogens is 1. The van der Waals surface area contributed by atoms with Gasteiger partial charge in [0.05, 0.1) is 16.3 Å². The van der Waals surface area contributed by atoms with Crippen molar-refractivity contribution >= 4 is 27.2 Å². The van der Waals surface area contributed by atoms with Gasteiger partial charge in [-0.1, -0.05) is 24.3 Å². The standard InChI is InChI=1S/C27H32N4OS/c1-29-12-10-23(11-13-29)32-26(27-28-24-8-3-4-9-25(24)33-27)19-6-5-7-22(14-19)31-17-20-15-30(2)16-21(20)18-31/h3-9,14-15,21,23,26H,10-13,16-18H2,1-2H3. The van der Waals surface area contributed by atoms with Crippen LogP contribution in [0.25, 0.3) is 10.2 Å². The molecule has 3 aliphatic rings. The van der Waals surface area contributed by atoms with Crippen LogP contribution in [-0.4, -0.2) is 67.7 Å². The Hall–Kier alpha value is -2.41. The molecule has 172 valence electrons. The quantitative estimate of drug-likeness (QED) is 0.548. The Kier molecular flexibility index (Phi) is 5.60. The van der Waals surface area contributed by atoms with E-state index in [0.29, 0.717) is 5.92 Å². The number of likely N-dealkylation sites (tertiary alicyclic amines) is 1. The fraction of sp³-hybridized carbons (Fsp3) is 0.444. The zero-order valence-electron chi connectivity index (χ0n) is 19.5. The van der Waals surface area contributed by atoms with Gasteiger partial charge in [-0.25, -0.2) is 4.98 Å². The molecule has 33 heavy (non-hydrogen) atoms. The highest BCUT2D eigenvalue weighted by molar-refractivity contribution is 7.18. The highest BCUT2D eigenvalue weighted by Crippen LogP contribution is 2.38. The summed E-state index contributed by atoms with van der Waals surface area (Å²) in [6, 6.07) is 17.4. The van der Waals surface area contributed by atoms with Gasteiger partial charge < -0.3 is 19.4 Å². The van der Waals surface area contributed by atoms with Gasteiger partial charge in [-0.05, 0) is 55.3 Å². The number of piperidine rings is 1. The molecule has 0 amide bonds. The van der Waals surface area contributed by atoms with E-state index in [4.69, 9.17) is 9.72 Å². The van der Waals surface area contributed by atoms with Crippen molar-refractivity contribution in [1.82, 2.24) is 14.8 Å². The van der Waals surface area contributed by atoms with E-state index in [9.17, 15) is 0 Å². The second-order valence-corrected chi connectivity index (χ2v) is 10.9. The lowest BCUT2D eigenvalue weighted by Gasteiger charge is -2.31. The van der Waals surface area contributed by atoms with Gasteiger partial charge in [-0.15, -0.1) is 11.3 Å². The van der Waals surface area contributed by atoms with Crippen LogP contribution in [0.2, 0.25) is 0 Å². The normalized spacial score (nSPS) is 22.7. The van der Waals surface area contributed by atoms with E-state index in [2.05, 4.69) is 83.5 Å². The van der Waals surface area contributed by atoms with E-state index in [1.807, 2.05) is 0 Å². The summed E-state index contributed by atoms with van der Waals surface area (Å²) < 4.78 is 8.06. The predicted molar refractivity (Wildman–Crippen MR) is 136 cm³/mol.